The molecule has 2 aromatic heterocycles. The van der Waals surface area contributed by atoms with Crippen LogP contribution in [0, 0.1) is 0 Å². The fourth-order valence-corrected chi connectivity index (χ4v) is 2.28. The maximum absolute atomic E-state index is 5.54. The monoisotopic (exact) mass is 273 g/mol. The molecular formula is C15H19N3O2. The van der Waals surface area contributed by atoms with E-state index in [1.165, 1.54) is 0 Å². The third-order valence-corrected chi connectivity index (χ3v) is 3.31. The van der Waals surface area contributed by atoms with Crippen molar-refractivity contribution < 1.29 is 9.47 Å². The molecule has 5 heteroatoms. The predicted molar refractivity (Wildman–Crippen MR) is 75.7 cm³/mol. The predicted octanol–water partition coefficient (Wildman–Crippen LogP) is 2.69. The van der Waals surface area contributed by atoms with Crippen LogP contribution in [-0.4, -0.2) is 34.1 Å². The molecule has 3 heterocycles. The van der Waals surface area contributed by atoms with Crippen LogP contribution in [0.2, 0.25) is 0 Å². The molecule has 0 N–H and O–H groups in total. The number of rotatable bonds is 4. The SMILES string of the molecule is CC(C)Oc1ccc(-c2cnn([C@H]3CCOC3)c2)cn1. The second kappa shape index (κ2) is 5.63. The molecule has 0 radical (unpaired) electrons. The quantitative estimate of drug-likeness (QED) is 0.859. The smallest absolute Gasteiger partial charge is 0.213 e. The Balaban J connectivity index is 1.75. The lowest BCUT2D eigenvalue weighted by molar-refractivity contribution is 0.184. The van der Waals surface area contributed by atoms with E-state index in [0.717, 1.165) is 30.8 Å². The van der Waals surface area contributed by atoms with Crippen molar-refractivity contribution in [1.82, 2.24) is 14.8 Å². The minimum absolute atomic E-state index is 0.137. The molecule has 0 spiro atoms. The normalized spacial score (nSPS) is 18.6. The molecule has 106 valence electrons. The van der Waals surface area contributed by atoms with Gasteiger partial charge >= 0.3 is 0 Å². The molecule has 1 fully saturated rings. The van der Waals surface area contributed by atoms with Gasteiger partial charge in [0, 0.05) is 36.2 Å². The van der Waals surface area contributed by atoms with E-state index in [1.807, 2.05) is 43.1 Å². The maximum Gasteiger partial charge on any atom is 0.213 e. The molecule has 20 heavy (non-hydrogen) atoms. The van der Waals surface area contributed by atoms with Crippen molar-refractivity contribution in [3.8, 4) is 17.0 Å². The summed E-state index contributed by atoms with van der Waals surface area (Å²) < 4.78 is 12.9. The van der Waals surface area contributed by atoms with E-state index < -0.39 is 0 Å². The maximum atomic E-state index is 5.54. The van der Waals surface area contributed by atoms with Gasteiger partial charge in [0.15, 0.2) is 0 Å². The first-order valence-corrected chi connectivity index (χ1v) is 6.97. The Labute approximate surface area is 118 Å². The summed E-state index contributed by atoms with van der Waals surface area (Å²) in [6, 6.07) is 4.27. The molecule has 1 aliphatic heterocycles. The first-order valence-electron chi connectivity index (χ1n) is 6.97. The summed E-state index contributed by atoms with van der Waals surface area (Å²) in [4.78, 5) is 4.32. The summed E-state index contributed by atoms with van der Waals surface area (Å²) in [7, 11) is 0. The Morgan fingerprint density at radius 2 is 2.20 bits per heavy atom. The molecule has 0 aromatic carbocycles. The Kier molecular flexibility index (Phi) is 3.69. The fraction of sp³-hybridized carbons (Fsp3) is 0.467. The molecule has 1 aliphatic rings. The lowest BCUT2D eigenvalue weighted by Gasteiger charge is -2.08. The van der Waals surface area contributed by atoms with Gasteiger partial charge in [0.1, 0.15) is 0 Å². The minimum atomic E-state index is 0.137. The van der Waals surface area contributed by atoms with Crippen molar-refractivity contribution >= 4 is 0 Å². The van der Waals surface area contributed by atoms with Crippen LogP contribution in [0.25, 0.3) is 11.1 Å². The van der Waals surface area contributed by atoms with Crippen LogP contribution in [0.4, 0.5) is 0 Å². The van der Waals surface area contributed by atoms with Crippen LogP contribution in [0.15, 0.2) is 30.7 Å². The summed E-state index contributed by atoms with van der Waals surface area (Å²) in [6.45, 7) is 5.55. The van der Waals surface area contributed by atoms with Gasteiger partial charge in [0.25, 0.3) is 0 Å². The molecular weight excluding hydrogens is 254 g/mol. The summed E-state index contributed by atoms with van der Waals surface area (Å²) in [5.41, 5.74) is 2.12. The molecule has 2 aromatic rings. The fourth-order valence-electron chi connectivity index (χ4n) is 2.28. The lowest BCUT2D eigenvalue weighted by atomic mass is 10.2. The summed E-state index contributed by atoms with van der Waals surface area (Å²) in [5, 5.41) is 4.42. The first-order chi connectivity index (χ1) is 9.72. The molecule has 0 amide bonds. The Hall–Kier alpha value is -1.88. The van der Waals surface area contributed by atoms with Crippen molar-refractivity contribution in [1.29, 1.82) is 0 Å². The van der Waals surface area contributed by atoms with Gasteiger partial charge < -0.3 is 9.47 Å². The number of aromatic nitrogens is 3. The molecule has 5 nitrogen and oxygen atoms in total. The highest BCUT2D eigenvalue weighted by molar-refractivity contribution is 5.60. The molecule has 1 atom stereocenters. The van der Waals surface area contributed by atoms with Gasteiger partial charge in [-0.25, -0.2) is 4.98 Å². The first kappa shape index (κ1) is 13.1. The van der Waals surface area contributed by atoms with Crippen LogP contribution in [0.1, 0.15) is 26.3 Å². The zero-order valence-electron chi connectivity index (χ0n) is 11.8. The third-order valence-electron chi connectivity index (χ3n) is 3.31. The zero-order chi connectivity index (χ0) is 13.9. The molecule has 0 aliphatic carbocycles. The summed E-state index contributed by atoms with van der Waals surface area (Å²) in [5.74, 6) is 0.653. The van der Waals surface area contributed by atoms with Crippen molar-refractivity contribution in [2.75, 3.05) is 13.2 Å². The minimum Gasteiger partial charge on any atom is -0.475 e. The van der Waals surface area contributed by atoms with Gasteiger partial charge in [0.05, 0.1) is 24.9 Å². The highest BCUT2D eigenvalue weighted by atomic mass is 16.5. The van der Waals surface area contributed by atoms with Gasteiger partial charge in [-0.3, -0.25) is 4.68 Å². The molecule has 1 saturated heterocycles. The highest BCUT2D eigenvalue weighted by Gasteiger charge is 2.18. The van der Waals surface area contributed by atoms with Crippen LogP contribution >= 0.6 is 0 Å². The van der Waals surface area contributed by atoms with Gasteiger partial charge in [-0.2, -0.15) is 5.10 Å². The zero-order valence-corrected chi connectivity index (χ0v) is 11.8. The average Bonchev–Trinajstić information content (AvgIpc) is 3.10. The van der Waals surface area contributed by atoms with E-state index in [9.17, 15) is 0 Å². The Bertz CT molecular complexity index is 557. The van der Waals surface area contributed by atoms with Crippen molar-refractivity contribution in [3.63, 3.8) is 0 Å². The van der Waals surface area contributed by atoms with Crippen LogP contribution < -0.4 is 4.74 Å². The lowest BCUT2D eigenvalue weighted by Crippen LogP contribution is -2.08. The second-order valence-electron chi connectivity index (χ2n) is 5.28. The molecule has 0 saturated carbocycles. The van der Waals surface area contributed by atoms with Crippen LogP contribution in [-0.2, 0) is 4.74 Å². The van der Waals surface area contributed by atoms with Gasteiger partial charge in [-0.15, -0.1) is 0 Å². The number of nitrogens with zero attached hydrogens (tertiary/aromatic N) is 3. The van der Waals surface area contributed by atoms with Crippen molar-refractivity contribution in [2.45, 2.75) is 32.4 Å². The van der Waals surface area contributed by atoms with Crippen molar-refractivity contribution in [2.24, 2.45) is 0 Å². The topological polar surface area (TPSA) is 49.2 Å². The van der Waals surface area contributed by atoms with E-state index in [-0.39, 0.29) is 6.10 Å². The standard InChI is InChI=1S/C15H19N3O2/c1-11(2)20-15-4-3-12(7-16-15)13-8-17-18(9-13)14-5-6-19-10-14/h3-4,7-9,11,14H,5-6,10H2,1-2H3/t14-/m0/s1. The van der Waals surface area contributed by atoms with E-state index in [2.05, 4.69) is 16.3 Å². The highest BCUT2D eigenvalue weighted by Crippen LogP contribution is 2.24. The van der Waals surface area contributed by atoms with E-state index in [0.29, 0.717) is 11.9 Å². The van der Waals surface area contributed by atoms with Gasteiger partial charge in [-0.05, 0) is 26.3 Å². The van der Waals surface area contributed by atoms with Gasteiger partial charge in [-0.1, -0.05) is 0 Å². The number of pyridine rings is 1. The Morgan fingerprint density at radius 3 is 2.85 bits per heavy atom. The largest absolute Gasteiger partial charge is 0.475 e. The third kappa shape index (κ3) is 2.82. The van der Waals surface area contributed by atoms with E-state index >= 15 is 0 Å². The van der Waals surface area contributed by atoms with Crippen LogP contribution in [0.3, 0.4) is 0 Å². The second-order valence-corrected chi connectivity index (χ2v) is 5.28. The van der Waals surface area contributed by atoms with E-state index in [4.69, 9.17) is 9.47 Å². The summed E-state index contributed by atoms with van der Waals surface area (Å²) >= 11 is 0. The Morgan fingerprint density at radius 1 is 1.30 bits per heavy atom. The number of ether oxygens (including phenoxy) is 2. The van der Waals surface area contributed by atoms with Crippen LogP contribution in [0.5, 0.6) is 5.88 Å². The number of hydrogen-bond acceptors (Lipinski definition) is 4. The summed E-state index contributed by atoms with van der Waals surface area (Å²) in [6.07, 6.45) is 6.92. The van der Waals surface area contributed by atoms with Gasteiger partial charge in [0.2, 0.25) is 5.88 Å². The number of hydrogen-bond donors (Lipinski definition) is 0. The van der Waals surface area contributed by atoms with E-state index in [1.54, 1.807) is 0 Å². The average molecular weight is 273 g/mol. The molecule has 0 unspecified atom stereocenters. The molecule has 0 bridgehead atoms. The van der Waals surface area contributed by atoms with Crippen molar-refractivity contribution in [3.05, 3.63) is 30.7 Å². The molecule has 3 rings (SSSR count).